The largest absolute Gasteiger partial charge is 0.492 e. The van der Waals surface area contributed by atoms with Crippen molar-refractivity contribution in [1.82, 2.24) is 14.8 Å². The van der Waals surface area contributed by atoms with Crippen LogP contribution in [-0.4, -0.2) is 82.3 Å². The van der Waals surface area contributed by atoms with Gasteiger partial charge in [0.2, 0.25) is 5.91 Å². The Labute approximate surface area is 236 Å². The fourth-order valence-electron chi connectivity index (χ4n) is 5.39. The topological polar surface area (TPSA) is 109 Å². The summed E-state index contributed by atoms with van der Waals surface area (Å²) in [6.07, 6.45) is -2.23. The van der Waals surface area contributed by atoms with Gasteiger partial charge in [0.25, 0.3) is 5.91 Å². The van der Waals surface area contributed by atoms with E-state index in [1.54, 1.807) is 18.2 Å². The number of rotatable bonds is 8. The van der Waals surface area contributed by atoms with Crippen LogP contribution in [0.15, 0.2) is 36.5 Å². The number of piperidine rings is 1. The Morgan fingerprint density at radius 3 is 2.41 bits per heavy atom. The highest BCUT2D eigenvalue weighted by atomic mass is 19.4. The van der Waals surface area contributed by atoms with E-state index in [0.717, 1.165) is 17.7 Å². The smallest absolute Gasteiger partial charge is 0.395 e. The number of primary amides is 1. The van der Waals surface area contributed by atoms with E-state index in [4.69, 9.17) is 10.5 Å². The molecule has 224 valence electrons. The van der Waals surface area contributed by atoms with Crippen molar-refractivity contribution in [3.8, 4) is 17.0 Å². The van der Waals surface area contributed by atoms with Crippen molar-refractivity contribution in [1.29, 1.82) is 0 Å². The summed E-state index contributed by atoms with van der Waals surface area (Å²) in [5, 5.41) is 10.00. The van der Waals surface area contributed by atoms with Gasteiger partial charge in [-0.25, -0.2) is 4.39 Å². The Bertz CT molecular complexity index is 1260. The van der Waals surface area contributed by atoms with Gasteiger partial charge in [-0.05, 0) is 76.9 Å². The number of amides is 2. The van der Waals surface area contributed by atoms with Gasteiger partial charge in [-0.3, -0.25) is 14.6 Å². The number of halogens is 4. The molecule has 0 spiro atoms. The minimum Gasteiger partial charge on any atom is -0.492 e. The molecule has 8 nitrogen and oxygen atoms in total. The lowest BCUT2D eigenvalue weighted by molar-refractivity contribution is -0.217. The quantitative estimate of drug-likeness (QED) is 0.457. The summed E-state index contributed by atoms with van der Waals surface area (Å²) in [6.45, 7) is 5.32. The number of aliphatic hydroxyl groups is 1. The summed E-state index contributed by atoms with van der Waals surface area (Å²) in [6, 6.07) is 7.39. The number of pyridine rings is 1. The number of nitrogens with zero attached hydrogens (tertiary/aromatic N) is 3. The third kappa shape index (κ3) is 6.64. The number of alkyl halides is 3. The summed E-state index contributed by atoms with van der Waals surface area (Å²) in [5.41, 5.74) is 2.92. The van der Waals surface area contributed by atoms with Crippen LogP contribution in [0.1, 0.15) is 50.4 Å². The van der Waals surface area contributed by atoms with Crippen LogP contribution in [0.25, 0.3) is 11.3 Å². The van der Waals surface area contributed by atoms with E-state index >= 15 is 4.39 Å². The van der Waals surface area contributed by atoms with Crippen LogP contribution in [0.2, 0.25) is 0 Å². The van der Waals surface area contributed by atoms with Crippen LogP contribution in [0, 0.1) is 17.2 Å². The summed E-state index contributed by atoms with van der Waals surface area (Å²) in [7, 11) is 0. The Kier molecular flexibility index (Phi) is 8.65. The van der Waals surface area contributed by atoms with Crippen molar-refractivity contribution < 1.29 is 37.0 Å². The van der Waals surface area contributed by atoms with Crippen molar-refractivity contribution in [2.45, 2.75) is 57.9 Å². The molecule has 2 amide bonds. The van der Waals surface area contributed by atoms with Crippen molar-refractivity contribution in [3.63, 3.8) is 0 Å². The third-order valence-electron chi connectivity index (χ3n) is 8.21. The predicted octanol–water partition coefficient (Wildman–Crippen LogP) is 4.02. The van der Waals surface area contributed by atoms with Crippen molar-refractivity contribution in [3.05, 3.63) is 47.9 Å². The summed E-state index contributed by atoms with van der Waals surface area (Å²) in [5.74, 6) is -1.58. The number of aromatic nitrogens is 1. The number of β-amino-alcohol motifs (C(OH)–C–C–N with tert-alkyl or cyclic N) is 1. The summed E-state index contributed by atoms with van der Waals surface area (Å²) < 4.78 is 60.5. The molecule has 2 aliphatic rings. The average Bonchev–Trinajstić information content (AvgIpc) is 3.22. The first-order valence-electron chi connectivity index (χ1n) is 13.6. The lowest BCUT2D eigenvalue weighted by Gasteiger charge is -2.38. The van der Waals surface area contributed by atoms with Crippen LogP contribution in [0.5, 0.6) is 5.75 Å². The number of benzene rings is 1. The minimum atomic E-state index is -4.25. The second-order valence-corrected chi connectivity index (χ2v) is 11.9. The molecule has 1 aromatic heterocycles. The molecule has 2 atom stereocenters. The van der Waals surface area contributed by atoms with Crippen molar-refractivity contribution in [2.24, 2.45) is 17.1 Å². The normalized spacial score (nSPS) is 22.6. The van der Waals surface area contributed by atoms with E-state index in [1.165, 1.54) is 39.1 Å². The van der Waals surface area contributed by atoms with E-state index < -0.39 is 40.9 Å². The minimum absolute atomic E-state index is 0.0222. The van der Waals surface area contributed by atoms with E-state index in [9.17, 15) is 27.9 Å². The molecule has 2 aromatic rings. The van der Waals surface area contributed by atoms with E-state index in [2.05, 4.69) is 4.98 Å². The van der Waals surface area contributed by atoms with Crippen LogP contribution >= 0.6 is 0 Å². The molecule has 2 aliphatic heterocycles. The number of carbonyl (C=O) groups is 2. The van der Waals surface area contributed by atoms with Gasteiger partial charge in [0.1, 0.15) is 17.1 Å². The number of likely N-dealkylation sites (tertiary alicyclic amines) is 2. The molecule has 12 heteroatoms. The van der Waals surface area contributed by atoms with Crippen LogP contribution in [0.3, 0.4) is 0 Å². The lowest BCUT2D eigenvalue weighted by Crippen LogP contribution is -2.54. The Morgan fingerprint density at radius 1 is 1.17 bits per heavy atom. The standard InChI is InChI=1S/C29H36F4N4O4/c1-27(2,29(31,32)33)17-36-10-8-18(9-11-36)16-41-21-5-7-24(35-14-21)19-4-6-22(23(30)12-19)25(39)37-15-20(38)13-28(37,3)26(34)40/h4-7,12,14,18,20,38H,8-11,13,15-17H2,1-3H3,(H2,34,40). The van der Waals surface area contributed by atoms with E-state index in [0.29, 0.717) is 36.7 Å². The average molecular weight is 581 g/mol. The highest BCUT2D eigenvalue weighted by Gasteiger charge is 2.49. The molecule has 0 radical (unpaired) electrons. The van der Waals surface area contributed by atoms with Gasteiger partial charge < -0.3 is 25.4 Å². The van der Waals surface area contributed by atoms with Gasteiger partial charge in [0.15, 0.2) is 0 Å². The van der Waals surface area contributed by atoms with E-state index in [-0.39, 0.29) is 31.0 Å². The molecule has 2 saturated heterocycles. The predicted molar refractivity (Wildman–Crippen MR) is 143 cm³/mol. The van der Waals surface area contributed by atoms with Gasteiger partial charge in [-0.2, -0.15) is 13.2 Å². The maximum Gasteiger partial charge on any atom is 0.395 e. The Morgan fingerprint density at radius 2 is 1.85 bits per heavy atom. The van der Waals surface area contributed by atoms with E-state index in [1.807, 2.05) is 4.90 Å². The van der Waals surface area contributed by atoms with Gasteiger partial charge in [0.05, 0.1) is 35.6 Å². The first-order valence-corrected chi connectivity index (χ1v) is 13.6. The molecule has 1 aromatic carbocycles. The summed E-state index contributed by atoms with van der Waals surface area (Å²) in [4.78, 5) is 32.3. The molecule has 3 heterocycles. The molecule has 0 bridgehead atoms. The molecular weight excluding hydrogens is 544 g/mol. The number of nitrogens with two attached hydrogens (primary N) is 1. The van der Waals surface area contributed by atoms with Gasteiger partial charge in [0, 0.05) is 25.1 Å². The summed E-state index contributed by atoms with van der Waals surface area (Å²) >= 11 is 0. The zero-order valence-corrected chi connectivity index (χ0v) is 23.4. The molecule has 0 saturated carbocycles. The zero-order chi connectivity index (χ0) is 30.2. The number of ether oxygens (including phenoxy) is 1. The molecule has 2 fully saturated rings. The van der Waals surface area contributed by atoms with Crippen LogP contribution in [-0.2, 0) is 4.79 Å². The SMILES string of the molecule is CC1(C(N)=O)CC(O)CN1C(=O)c1ccc(-c2ccc(OCC3CCN(CC(C)(C)C(F)(F)F)CC3)cn2)cc1F. The van der Waals surface area contributed by atoms with Gasteiger partial charge >= 0.3 is 6.18 Å². The van der Waals surface area contributed by atoms with Gasteiger partial charge in [-0.15, -0.1) is 0 Å². The number of aliphatic hydroxyl groups excluding tert-OH is 1. The fraction of sp³-hybridized carbons (Fsp3) is 0.552. The van der Waals surface area contributed by atoms with Crippen LogP contribution in [0.4, 0.5) is 17.6 Å². The van der Waals surface area contributed by atoms with Crippen molar-refractivity contribution in [2.75, 3.05) is 32.8 Å². The number of hydrogen-bond donors (Lipinski definition) is 2. The number of carbonyl (C=O) groups excluding carboxylic acids is 2. The second kappa shape index (κ2) is 11.6. The highest BCUT2D eigenvalue weighted by molar-refractivity contribution is 5.99. The first-order chi connectivity index (χ1) is 19.1. The highest BCUT2D eigenvalue weighted by Crippen LogP contribution is 2.39. The maximum absolute atomic E-state index is 15.0. The number of hydrogen-bond acceptors (Lipinski definition) is 6. The molecule has 41 heavy (non-hydrogen) atoms. The third-order valence-corrected chi connectivity index (χ3v) is 8.21. The van der Waals surface area contributed by atoms with Crippen molar-refractivity contribution >= 4 is 11.8 Å². The first kappa shape index (κ1) is 30.7. The van der Waals surface area contributed by atoms with Crippen LogP contribution < -0.4 is 10.5 Å². The molecule has 3 N–H and O–H groups in total. The maximum atomic E-state index is 15.0. The molecule has 2 unspecified atom stereocenters. The second-order valence-electron chi connectivity index (χ2n) is 11.9. The zero-order valence-electron chi connectivity index (χ0n) is 23.4. The molecular formula is C29H36F4N4O4. The fourth-order valence-corrected chi connectivity index (χ4v) is 5.39. The monoisotopic (exact) mass is 580 g/mol. The lowest BCUT2D eigenvalue weighted by atomic mass is 9.89. The Balaban J connectivity index is 1.32. The Hall–Kier alpha value is -3.25. The molecule has 0 aliphatic carbocycles. The van der Waals surface area contributed by atoms with Gasteiger partial charge in [-0.1, -0.05) is 6.07 Å². The molecule has 4 rings (SSSR count).